The van der Waals surface area contributed by atoms with Crippen LogP contribution in [0.25, 0.3) is 0 Å². The molecule has 0 saturated carbocycles. The smallest absolute Gasteiger partial charge is 0.244 e. The Labute approximate surface area is 105 Å². The van der Waals surface area contributed by atoms with E-state index >= 15 is 0 Å². The van der Waals surface area contributed by atoms with Crippen LogP contribution in [0, 0.1) is 6.92 Å². The lowest BCUT2D eigenvalue weighted by atomic mass is 10.2. The maximum absolute atomic E-state index is 11.8. The first-order valence-electron chi connectivity index (χ1n) is 5.47. The molecule has 0 bridgehead atoms. The van der Waals surface area contributed by atoms with Crippen molar-refractivity contribution in [3.8, 4) is 0 Å². The first-order chi connectivity index (χ1) is 7.45. The van der Waals surface area contributed by atoms with Gasteiger partial charge in [-0.3, -0.25) is 9.48 Å². The minimum Gasteiger partial charge on any atom is -0.352 e. The number of aromatic nitrogens is 2. The van der Waals surface area contributed by atoms with Crippen molar-refractivity contribution in [1.29, 1.82) is 0 Å². The molecule has 5 heteroatoms. The van der Waals surface area contributed by atoms with E-state index in [0.717, 1.165) is 16.6 Å². The van der Waals surface area contributed by atoms with Crippen LogP contribution in [-0.2, 0) is 4.79 Å². The van der Waals surface area contributed by atoms with E-state index in [1.54, 1.807) is 4.68 Å². The largest absolute Gasteiger partial charge is 0.352 e. The van der Waals surface area contributed by atoms with Gasteiger partial charge in [0.25, 0.3) is 0 Å². The zero-order valence-electron chi connectivity index (χ0n) is 10.1. The van der Waals surface area contributed by atoms with Crippen LogP contribution in [0.2, 0.25) is 0 Å². The lowest BCUT2D eigenvalue weighted by Crippen LogP contribution is -2.37. The van der Waals surface area contributed by atoms with E-state index in [2.05, 4.69) is 26.3 Å². The normalized spacial score (nSPS) is 14.6. The number of hydrogen-bond donors (Lipinski definition) is 1. The van der Waals surface area contributed by atoms with E-state index in [-0.39, 0.29) is 18.0 Å². The molecule has 0 aliphatic carbocycles. The molecule has 0 aromatic carbocycles. The molecule has 1 amide bonds. The second kappa shape index (κ2) is 5.48. The maximum Gasteiger partial charge on any atom is 0.244 e. The Morgan fingerprint density at radius 2 is 2.25 bits per heavy atom. The second-order valence-electron chi connectivity index (χ2n) is 4.04. The molecule has 4 nitrogen and oxygen atoms in total. The van der Waals surface area contributed by atoms with Gasteiger partial charge in [-0.25, -0.2) is 0 Å². The average Bonchev–Trinajstić information content (AvgIpc) is 2.57. The fraction of sp³-hybridized carbons (Fsp3) is 0.636. The number of nitrogens with zero attached hydrogens (tertiary/aromatic N) is 2. The Bertz CT molecular complexity index is 356. The topological polar surface area (TPSA) is 46.9 Å². The van der Waals surface area contributed by atoms with Crippen LogP contribution in [0.5, 0.6) is 0 Å². The summed E-state index contributed by atoms with van der Waals surface area (Å²) < 4.78 is 2.60. The van der Waals surface area contributed by atoms with Crippen molar-refractivity contribution in [3.05, 3.63) is 16.4 Å². The summed E-state index contributed by atoms with van der Waals surface area (Å²) in [5, 5.41) is 7.21. The van der Waals surface area contributed by atoms with Gasteiger partial charge in [0, 0.05) is 12.2 Å². The van der Waals surface area contributed by atoms with E-state index in [1.165, 1.54) is 0 Å². The van der Waals surface area contributed by atoms with Crippen molar-refractivity contribution in [1.82, 2.24) is 15.1 Å². The van der Waals surface area contributed by atoms with E-state index < -0.39 is 0 Å². The van der Waals surface area contributed by atoms with Gasteiger partial charge in [-0.15, -0.1) is 0 Å². The minimum atomic E-state index is -0.279. The van der Waals surface area contributed by atoms with Gasteiger partial charge in [-0.2, -0.15) is 5.10 Å². The third-order valence-corrected chi connectivity index (χ3v) is 3.41. The first kappa shape index (κ1) is 13.2. The Morgan fingerprint density at radius 1 is 1.62 bits per heavy atom. The SMILES string of the molecule is CCC(C)NC(=O)C(C)n1cc(Br)c(C)n1. The number of hydrogen-bond acceptors (Lipinski definition) is 2. The summed E-state index contributed by atoms with van der Waals surface area (Å²) >= 11 is 3.38. The molecular formula is C11H18BrN3O. The summed E-state index contributed by atoms with van der Waals surface area (Å²) in [4.78, 5) is 11.8. The summed E-state index contributed by atoms with van der Waals surface area (Å²) in [5.74, 6) is 0.00403. The summed E-state index contributed by atoms with van der Waals surface area (Å²) in [6, 6.07) is -0.0750. The molecule has 1 aromatic rings. The molecule has 0 spiro atoms. The van der Waals surface area contributed by atoms with Crippen LogP contribution in [0.15, 0.2) is 10.7 Å². The third-order valence-electron chi connectivity index (χ3n) is 2.63. The summed E-state index contributed by atoms with van der Waals surface area (Å²) in [6.45, 7) is 7.79. The van der Waals surface area contributed by atoms with E-state index in [0.29, 0.717) is 0 Å². The number of nitrogens with one attached hydrogen (secondary N) is 1. The Hall–Kier alpha value is -0.840. The Balaban J connectivity index is 2.70. The quantitative estimate of drug-likeness (QED) is 0.925. The molecule has 0 radical (unpaired) electrons. The lowest BCUT2D eigenvalue weighted by molar-refractivity contribution is -0.124. The van der Waals surface area contributed by atoms with Crippen molar-refractivity contribution >= 4 is 21.8 Å². The number of carbonyl (C=O) groups excluding carboxylic acids is 1. The lowest BCUT2D eigenvalue weighted by Gasteiger charge is -2.16. The Kier molecular flexibility index (Phi) is 4.53. The van der Waals surface area contributed by atoms with Crippen molar-refractivity contribution in [2.24, 2.45) is 0 Å². The highest BCUT2D eigenvalue weighted by Gasteiger charge is 2.17. The molecule has 0 aliphatic rings. The van der Waals surface area contributed by atoms with Gasteiger partial charge in [0.05, 0.1) is 10.2 Å². The standard InChI is InChI=1S/C11H18BrN3O/c1-5-7(2)13-11(16)9(4)15-6-10(12)8(3)14-15/h6-7,9H,5H2,1-4H3,(H,13,16). The average molecular weight is 288 g/mol. The summed E-state index contributed by atoms with van der Waals surface area (Å²) in [6.07, 6.45) is 2.76. The minimum absolute atomic E-state index is 0.00403. The zero-order chi connectivity index (χ0) is 12.3. The molecule has 0 fully saturated rings. The monoisotopic (exact) mass is 287 g/mol. The number of aryl methyl sites for hydroxylation is 1. The molecule has 16 heavy (non-hydrogen) atoms. The summed E-state index contributed by atoms with van der Waals surface area (Å²) in [7, 11) is 0. The van der Waals surface area contributed by atoms with Gasteiger partial charge in [-0.1, -0.05) is 6.92 Å². The van der Waals surface area contributed by atoms with Crippen molar-refractivity contribution < 1.29 is 4.79 Å². The Morgan fingerprint density at radius 3 is 2.69 bits per heavy atom. The molecule has 90 valence electrons. The van der Waals surface area contributed by atoms with Gasteiger partial charge in [0.2, 0.25) is 5.91 Å². The molecular weight excluding hydrogens is 270 g/mol. The molecule has 1 aromatic heterocycles. The molecule has 1 N–H and O–H groups in total. The van der Waals surface area contributed by atoms with Gasteiger partial charge in [-0.05, 0) is 43.1 Å². The van der Waals surface area contributed by atoms with Crippen molar-refractivity contribution in [3.63, 3.8) is 0 Å². The fourth-order valence-corrected chi connectivity index (χ4v) is 1.53. The zero-order valence-corrected chi connectivity index (χ0v) is 11.7. The predicted molar refractivity (Wildman–Crippen MR) is 67.3 cm³/mol. The molecule has 0 aliphatic heterocycles. The molecule has 1 heterocycles. The molecule has 2 atom stereocenters. The van der Waals surface area contributed by atoms with Gasteiger partial charge in [0.15, 0.2) is 0 Å². The van der Waals surface area contributed by atoms with Crippen LogP contribution >= 0.6 is 15.9 Å². The third kappa shape index (κ3) is 3.07. The van der Waals surface area contributed by atoms with Crippen LogP contribution in [0.3, 0.4) is 0 Å². The highest BCUT2D eigenvalue weighted by Crippen LogP contribution is 2.16. The van der Waals surface area contributed by atoms with Crippen molar-refractivity contribution in [2.75, 3.05) is 0 Å². The van der Waals surface area contributed by atoms with E-state index in [1.807, 2.05) is 33.9 Å². The molecule has 0 saturated heterocycles. The number of amides is 1. The number of halogens is 1. The van der Waals surface area contributed by atoms with E-state index in [4.69, 9.17) is 0 Å². The van der Waals surface area contributed by atoms with Crippen LogP contribution in [-0.4, -0.2) is 21.7 Å². The highest BCUT2D eigenvalue weighted by atomic mass is 79.9. The van der Waals surface area contributed by atoms with Gasteiger partial charge < -0.3 is 5.32 Å². The predicted octanol–water partition coefficient (Wildman–Crippen LogP) is 2.43. The number of carbonyl (C=O) groups is 1. The van der Waals surface area contributed by atoms with Crippen LogP contribution < -0.4 is 5.32 Å². The van der Waals surface area contributed by atoms with Gasteiger partial charge in [0.1, 0.15) is 6.04 Å². The van der Waals surface area contributed by atoms with Crippen LogP contribution in [0.4, 0.5) is 0 Å². The number of rotatable bonds is 4. The second-order valence-corrected chi connectivity index (χ2v) is 4.89. The van der Waals surface area contributed by atoms with E-state index in [9.17, 15) is 4.79 Å². The van der Waals surface area contributed by atoms with Gasteiger partial charge >= 0.3 is 0 Å². The molecule has 1 rings (SSSR count). The van der Waals surface area contributed by atoms with Crippen molar-refractivity contribution in [2.45, 2.75) is 46.2 Å². The first-order valence-corrected chi connectivity index (χ1v) is 6.26. The molecule has 2 unspecified atom stereocenters. The fourth-order valence-electron chi connectivity index (χ4n) is 1.24. The van der Waals surface area contributed by atoms with Crippen LogP contribution in [0.1, 0.15) is 38.9 Å². The maximum atomic E-state index is 11.8. The highest BCUT2D eigenvalue weighted by molar-refractivity contribution is 9.10. The summed E-state index contributed by atoms with van der Waals surface area (Å²) in [5.41, 5.74) is 0.892.